The predicted octanol–water partition coefficient (Wildman–Crippen LogP) is 3.07. The van der Waals surface area contributed by atoms with Gasteiger partial charge in [-0.1, -0.05) is 0 Å². The summed E-state index contributed by atoms with van der Waals surface area (Å²) in [5.74, 6) is 2.80. The molecule has 0 aliphatic carbocycles. The van der Waals surface area contributed by atoms with Gasteiger partial charge in [0.15, 0.2) is 5.82 Å². The van der Waals surface area contributed by atoms with Crippen molar-refractivity contribution in [3.8, 4) is 5.82 Å². The maximum absolute atomic E-state index is 4.59. The van der Waals surface area contributed by atoms with Crippen LogP contribution in [0.2, 0.25) is 0 Å². The summed E-state index contributed by atoms with van der Waals surface area (Å²) in [7, 11) is 0. The highest BCUT2D eigenvalue weighted by atomic mass is 79.9. The highest BCUT2D eigenvalue weighted by Gasteiger charge is 2.21. The SMILES string of the molecule is Cc1cc(C)n(-c2cc(N3CCN(c4ncc(Br)cc4C)CC3)ncn2)n1. The molecule has 140 valence electrons. The van der Waals surface area contributed by atoms with Gasteiger partial charge in [-0.25, -0.2) is 19.6 Å². The average Bonchev–Trinajstić information content (AvgIpc) is 3.00. The number of aromatic nitrogens is 5. The maximum atomic E-state index is 4.59. The molecule has 3 aromatic heterocycles. The van der Waals surface area contributed by atoms with Gasteiger partial charge in [0.05, 0.1) is 5.69 Å². The van der Waals surface area contributed by atoms with Gasteiger partial charge in [-0.3, -0.25) is 0 Å². The number of piperazine rings is 1. The minimum Gasteiger partial charge on any atom is -0.353 e. The summed E-state index contributed by atoms with van der Waals surface area (Å²) in [6.45, 7) is 9.74. The number of halogens is 1. The Morgan fingerprint density at radius 1 is 0.852 bits per heavy atom. The van der Waals surface area contributed by atoms with E-state index in [2.05, 4.69) is 58.8 Å². The zero-order valence-corrected chi connectivity index (χ0v) is 17.3. The quantitative estimate of drug-likeness (QED) is 0.639. The first-order chi connectivity index (χ1) is 13.0. The number of nitrogens with zero attached hydrogens (tertiary/aromatic N) is 7. The van der Waals surface area contributed by atoms with Crippen molar-refractivity contribution in [2.24, 2.45) is 0 Å². The molecule has 0 aromatic carbocycles. The fourth-order valence-electron chi connectivity index (χ4n) is 3.50. The van der Waals surface area contributed by atoms with Gasteiger partial charge in [-0.05, 0) is 54.4 Å². The molecule has 0 N–H and O–H groups in total. The molecule has 8 heteroatoms. The molecule has 4 rings (SSSR count). The molecule has 0 saturated carbocycles. The molecule has 1 aliphatic rings. The molecule has 0 amide bonds. The van der Waals surface area contributed by atoms with Crippen LogP contribution < -0.4 is 9.80 Å². The zero-order chi connectivity index (χ0) is 19.0. The molecule has 7 nitrogen and oxygen atoms in total. The topological polar surface area (TPSA) is 63.0 Å². The van der Waals surface area contributed by atoms with Crippen molar-refractivity contribution in [3.63, 3.8) is 0 Å². The molecule has 1 saturated heterocycles. The average molecular weight is 428 g/mol. The molecule has 0 unspecified atom stereocenters. The predicted molar refractivity (Wildman–Crippen MR) is 110 cm³/mol. The van der Waals surface area contributed by atoms with E-state index in [0.29, 0.717) is 0 Å². The van der Waals surface area contributed by atoms with Crippen molar-refractivity contribution in [2.75, 3.05) is 36.0 Å². The third-order valence-electron chi connectivity index (χ3n) is 4.79. The van der Waals surface area contributed by atoms with E-state index in [4.69, 9.17) is 0 Å². The van der Waals surface area contributed by atoms with Crippen LogP contribution in [0, 0.1) is 20.8 Å². The van der Waals surface area contributed by atoms with Crippen molar-refractivity contribution in [1.82, 2.24) is 24.7 Å². The molecule has 3 aromatic rings. The minimum absolute atomic E-state index is 0.804. The number of anilines is 2. The van der Waals surface area contributed by atoms with Crippen LogP contribution in [0.1, 0.15) is 17.0 Å². The Labute approximate surface area is 167 Å². The van der Waals surface area contributed by atoms with Crippen molar-refractivity contribution in [3.05, 3.63) is 52.1 Å². The summed E-state index contributed by atoms with van der Waals surface area (Å²) >= 11 is 3.48. The maximum Gasteiger partial charge on any atom is 0.159 e. The molecule has 0 atom stereocenters. The lowest BCUT2D eigenvalue weighted by Gasteiger charge is -2.36. The Kier molecular flexibility index (Phi) is 4.82. The highest BCUT2D eigenvalue weighted by Crippen LogP contribution is 2.23. The molecule has 0 radical (unpaired) electrons. The summed E-state index contributed by atoms with van der Waals surface area (Å²) in [6, 6.07) is 6.17. The van der Waals surface area contributed by atoms with Gasteiger partial charge in [0.1, 0.15) is 18.0 Å². The van der Waals surface area contributed by atoms with E-state index in [-0.39, 0.29) is 0 Å². The molecule has 0 bridgehead atoms. The second kappa shape index (κ2) is 7.26. The largest absolute Gasteiger partial charge is 0.353 e. The first-order valence-electron chi connectivity index (χ1n) is 8.99. The van der Waals surface area contributed by atoms with Crippen LogP contribution in [0.25, 0.3) is 5.82 Å². The summed E-state index contributed by atoms with van der Waals surface area (Å²) in [5.41, 5.74) is 3.24. The molecule has 1 fully saturated rings. The van der Waals surface area contributed by atoms with Crippen LogP contribution in [0.3, 0.4) is 0 Å². The van der Waals surface area contributed by atoms with Gasteiger partial charge in [0, 0.05) is 48.6 Å². The lowest BCUT2D eigenvalue weighted by Crippen LogP contribution is -2.47. The third kappa shape index (κ3) is 3.66. The van der Waals surface area contributed by atoms with E-state index in [1.807, 2.05) is 36.9 Å². The van der Waals surface area contributed by atoms with Crippen LogP contribution in [-0.2, 0) is 0 Å². The lowest BCUT2D eigenvalue weighted by atomic mass is 10.2. The van der Waals surface area contributed by atoms with Crippen LogP contribution in [0.5, 0.6) is 0 Å². The van der Waals surface area contributed by atoms with Gasteiger partial charge in [0.2, 0.25) is 0 Å². The van der Waals surface area contributed by atoms with Crippen molar-refractivity contribution in [2.45, 2.75) is 20.8 Å². The first kappa shape index (κ1) is 17.9. The molecular weight excluding hydrogens is 406 g/mol. The highest BCUT2D eigenvalue weighted by molar-refractivity contribution is 9.10. The Balaban J connectivity index is 1.50. The molecule has 0 spiro atoms. The molecule has 27 heavy (non-hydrogen) atoms. The molecule has 4 heterocycles. The Bertz CT molecular complexity index is 960. The number of pyridine rings is 1. The standard InChI is InChI=1S/C19H22BrN7/c1-13-8-16(20)11-21-19(13)26-6-4-25(5-7-26)17-10-18(23-12-22-17)27-15(3)9-14(2)24-27/h8-12H,4-7H2,1-3H3. The Morgan fingerprint density at radius 2 is 1.56 bits per heavy atom. The van der Waals surface area contributed by atoms with Crippen molar-refractivity contribution >= 4 is 27.6 Å². The van der Waals surface area contributed by atoms with Crippen molar-refractivity contribution in [1.29, 1.82) is 0 Å². The summed E-state index contributed by atoms with van der Waals surface area (Å²) < 4.78 is 2.88. The molecular formula is C19H22BrN7. The Morgan fingerprint density at radius 3 is 2.22 bits per heavy atom. The Hall–Kier alpha value is -2.48. The van der Waals surface area contributed by atoms with Crippen LogP contribution >= 0.6 is 15.9 Å². The fourth-order valence-corrected chi connectivity index (χ4v) is 3.94. The minimum atomic E-state index is 0.804. The number of hydrogen-bond acceptors (Lipinski definition) is 6. The van der Waals surface area contributed by atoms with Crippen LogP contribution in [0.15, 0.2) is 35.2 Å². The van der Waals surface area contributed by atoms with Gasteiger partial charge in [-0.15, -0.1) is 0 Å². The van der Waals surface area contributed by atoms with E-state index in [0.717, 1.165) is 59.5 Å². The van der Waals surface area contributed by atoms with E-state index < -0.39 is 0 Å². The second-order valence-corrected chi connectivity index (χ2v) is 7.76. The van der Waals surface area contributed by atoms with E-state index in [9.17, 15) is 0 Å². The number of hydrogen-bond donors (Lipinski definition) is 0. The van der Waals surface area contributed by atoms with E-state index in [1.54, 1.807) is 6.33 Å². The number of aryl methyl sites for hydroxylation is 3. The number of rotatable bonds is 3. The van der Waals surface area contributed by atoms with E-state index >= 15 is 0 Å². The van der Waals surface area contributed by atoms with Crippen molar-refractivity contribution < 1.29 is 0 Å². The normalized spacial score (nSPS) is 14.7. The third-order valence-corrected chi connectivity index (χ3v) is 5.22. The van der Waals surface area contributed by atoms with Crippen LogP contribution in [0.4, 0.5) is 11.6 Å². The zero-order valence-electron chi connectivity index (χ0n) is 15.7. The first-order valence-corrected chi connectivity index (χ1v) is 9.78. The van der Waals surface area contributed by atoms with Gasteiger partial charge in [0.25, 0.3) is 0 Å². The summed E-state index contributed by atoms with van der Waals surface area (Å²) in [5, 5.41) is 4.52. The second-order valence-electron chi connectivity index (χ2n) is 6.84. The van der Waals surface area contributed by atoms with Crippen LogP contribution in [-0.4, -0.2) is 50.9 Å². The summed E-state index contributed by atoms with van der Waals surface area (Å²) in [4.78, 5) is 18.1. The lowest BCUT2D eigenvalue weighted by molar-refractivity contribution is 0.638. The monoisotopic (exact) mass is 427 g/mol. The van der Waals surface area contributed by atoms with Gasteiger partial charge in [-0.2, -0.15) is 5.10 Å². The summed E-state index contributed by atoms with van der Waals surface area (Å²) in [6.07, 6.45) is 3.48. The fraction of sp³-hybridized carbons (Fsp3) is 0.368. The van der Waals surface area contributed by atoms with Gasteiger partial charge < -0.3 is 9.80 Å². The van der Waals surface area contributed by atoms with E-state index in [1.165, 1.54) is 5.56 Å². The smallest absolute Gasteiger partial charge is 0.159 e. The molecule has 1 aliphatic heterocycles. The van der Waals surface area contributed by atoms with Gasteiger partial charge >= 0.3 is 0 Å².